The average Bonchev–Trinajstić information content (AvgIpc) is 3.24. The first-order valence-electron chi connectivity index (χ1n) is 8.53. The molecule has 146 valence electrons. The third kappa shape index (κ3) is 4.26. The second-order valence-electron chi connectivity index (χ2n) is 6.28. The molecule has 1 N–H and O–H groups in total. The van der Waals surface area contributed by atoms with Gasteiger partial charge in [-0.25, -0.2) is 4.79 Å². The normalized spacial score (nSPS) is 12.0. The molecule has 3 aromatic rings. The number of carbonyl (C=O) groups is 3. The smallest absolute Gasteiger partial charge is 0.375 e. The number of hydrogen-bond acceptors (Lipinski definition) is 6. The lowest BCUT2D eigenvalue weighted by Gasteiger charge is -2.10. The molecule has 2 heterocycles. The fourth-order valence-corrected chi connectivity index (χ4v) is 3.81. The zero-order valence-electron chi connectivity index (χ0n) is 15.5. The number of esters is 1. The standard InChI is InChI=1S/C20H18ClNO5S/c1-10-15-8-13(21)4-6-16(15)27-19(10)20(25)26-11(2)18(24)17-7-5-14(28-17)9-22-12(3)23/h4-8,11H,9H2,1-3H3,(H,22,23). The molecule has 0 saturated heterocycles. The number of amides is 1. The minimum absolute atomic E-state index is 0.0504. The van der Waals surface area contributed by atoms with Crippen LogP contribution in [0.3, 0.4) is 0 Å². The van der Waals surface area contributed by atoms with E-state index in [1.807, 2.05) is 0 Å². The summed E-state index contributed by atoms with van der Waals surface area (Å²) in [5.41, 5.74) is 1.13. The molecule has 28 heavy (non-hydrogen) atoms. The summed E-state index contributed by atoms with van der Waals surface area (Å²) in [5, 5.41) is 3.93. The second-order valence-corrected chi connectivity index (χ2v) is 7.89. The number of aryl methyl sites for hydroxylation is 1. The lowest BCUT2D eigenvalue weighted by atomic mass is 10.1. The molecule has 0 aliphatic heterocycles. The molecular weight excluding hydrogens is 402 g/mol. The highest BCUT2D eigenvalue weighted by atomic mass is 35.5. The lowest BCUT2D eigenvalue weighted by Crippen LogP contribution is -2.24. The lowest BCUT2D eigenvalue weighted by molar-refractivity contribution is -0.119. The van der Waals surface area contributed by atoms with Crippen LogP contribution in [0.25, 0.3) is 11.0 Å². The molecule has 0 saturated carbocycles. The number of halogens is 1. The average molecular weight is 420 g/mol. The van der Waals surface area contributed by atoms with Gasteiger partial charge in [0.15, 0.2) is 6.10 Å². The summed E-state index contributed by atoms with van der Waals surface area (Å²) in [5.74, 6) is -1.12. The van der Waals surface area contributed by atoms with Gasteiger partial charge in [0.05, 0.1) is 11.4 Å². The molecule has 1 amide bonds. The Morgan fingerprint density at radius 2 is 2.00 bits per heavy atom. The van der Waals surface area contributed by atoms with Crippen LogP contribution in [-0.4, -0.2) is 23.8 Å². The highest BCUT2D eigenvalue weighted by molar-refractivity contribution is 7.14. The number of Topliss-reactive ketones (excluding diaryl/α,β-unsaturated/α-hetero) is 1. The van der Waals surface area contributed by atoms with Crippen LogP contribution in [0.2, 0.25) is 5.02 Å². The van der Waals surface area contributed by atoms with Gasteiger partial charge < -0.3 is 14.5 Å². The summed E-state index contributed by atoms with van der Waals surface area (Å²) in [6.07, 6.45) is -0.976. The highest BCUT2D eigenvalue weighted by Crippen LogP contribution is 2.29. The Kier molecular flexibility index (Phi) is 5.86. The van der Waals surface area contributed by atoms with Crippen molar-refractivity contribution in [3.8, 4) is 0 Å². The summed E-state index contributed by atoms with van der Waals surface area (Å²) >= 11 is 7.24. The van der Waals surface area contributed by atoms with Gasteiger partial charge in [-0.3, -0.25) is 9.59 Å². The Hall–Kier alpha value is -2.64. The van der Waals surface area contributed by atoms with E-state index in [0.717, 1.165) is 10.3 Å². The Bertz CT molecular complexity index is 1070. The largest absolute Gasteiger partial charge is 0.449 e. The van der Waals surface area contributed by atoms with Crippen LogP contribution in [0.15, 0.2) is 34.7 Å². The minimum atomic E-state index is -0.976. The van der Waals surface area contributed by atoms with Crippen molar-refractivity contribution in [2.24, 2.45) is 0 Å². The van der Waals surface area contributed by atoms with Crippen molar-refractivity contribution in [2.45, 2.75) is 33.4 Å². The van der Waals surface area contributed by atoms with Crippen molar-refractivity contribution in [3.05, 3.63) is 56.4 Å². The molecule has 0 aliphatic rings. The summed E-state index contributed by atoms with van der Waals surface area (Å²) in [6, 6.07) is 8.48. The van der Waals surface area contributed by atoms with E-state index in [0.29, 0.717) is 27.6 Å². The number of hydrogen-bond donors (Lipinski definition) is 1. The summed E-state index contributed by atoms with van der Waals surface area (Å²) in [4.78, 5) is 37.3. The van der Waals surface area contributed by atoms with Crippen molar-refractivity contribution >= 4 is 51.6 Å². The predicted molar refractivity (Wildman–Crippen MR) is 107 cm³/mol. The topological polar surface area (TPSA) is 85.6 Å². The van der Waals surface area contributed by atoms with Gasteiger partial charge in [-0.05, 0) is 44.2 Å². The monoisotopic (exact) mass is 419 g/mol. The van der Waals surface area contributed by atoms with Crippen LogP contribution in [0.1, 0.15) is 44.5 Å². The summed E-state index contributed by atoms with van der Waals surface area (Å²) in [6.45, 7) is 5.03. The molecular formula is C20H18ClNO5S. The molecule has 1 unspecified atom stereocenters. The maximum atomic E-state index is 12.6. The Balaban J connectivity index is 1.71. The van der Waals surface area contributed by atoms with Crippen LogP contribution in [0, 0.1) is 6.92 Å². The molecule has 8 heteroatoms. The minimum Gasteiger partial charge on any atom is -0.449 e. The van der Waals surface area contributed by atoms with Gasteiger partial charge in [-0.2, -0.15) is 0 Å². The molecule has 0 radical (unpaired) electrons. The van der Waals surface area contributed by atoms with Crippen LogP contribution in [0.5, 0.6) is 0 Å². The number of benzene rings is 1. The third-order valence-corrected chi connectivity index (χ3v) is 5.49. The van der Waals surface area contributed by atoms with Gasteiger partial charge >= 0.3 is 5.97 Å². The van der Waals surface area contributed by atoms with E-state index < -0.39 is 12.1 Å². The molecule has 1 aromatic carbocycles. The highest BCUT2D eigenvalue weighted by Gasteiger charge is 2.25. The van der Waals surface area contributed by atoms with Gasteiger partial charge in [0, 0.05) is 27.8 Å². The Morgan fingerprint density at radius 1 is 1.25 bits per heavy atom. The van der Waals surface area contributed by atoms with Crippen molar-refractivity contribution in [2.75, 3.05) is 0 Å². The predicted octanol–water partition coefficient (Wildman–Crippen LogP) is 4.52. The molecule has 6 nitrogen and oxygen atoms in total. The van der Waals surface area contributed by atoms with Gasteiger partial charge in [0.1, 0.15) is 5.58 Å². The maximum absolute atomic E-state index is 12.6. The first kappa shape index (κ1) is 20.1. The van der Waals surface area contributed by atoms with E-state index in [1.54, 1.807) is 37.3 Å². The van der Waals surface area contributed by atoms with Gasteiger partial charge in [0.2, 0.25) is 17.5 Å². The molecule has 0 spiro atoms. The van der Waals surface area contributed by atoms with E-state index in [-0.39, 0.29) is 17.5 Å². The van der Waals surface area contributed by atoms with Crippen LogP contribution < -0.4 is 5.32 Å². The molecule has 0 aliphatic carbocycles. The zero-order valence-corrected chi connectivity index (χ0v) is 17.1. The van der Waals surface area contributed by atoms with Crippen molar-refractivity contribution in [1.29, 1.82) is 0 Å². The first-order valence-corrected chi connectivity index (χ1v) is 9.72. The third-order valence-electron chi connectivity index (χ3n) is 4.15. The van der Waals surface area contributed by atoms with Crippen LogP contribution >= 0.6 is 22.9 Å². The number of nitrogens with one attached hydrogen (secondary N) is 1. The van der Waals surface area contributed by atoms with Crippen molar-refractivity contribution < 1.29 is 23.5 Å². The molecule has 0 fully saturated rings. The molecule has 0 bridgehead atoms. The van der Waals surface area contributed by atoms with Crippen LogP contribution in [0.4, 0.5) is 0 Å². The molecule has 2 aromatic heterocycles. The van der Waals surface area contributed by atoms with Gasteiger partial charge in [-0.15, -0.1) is 11.3 Å². The number of carbonyl (C=O) groups excluding carboxylic acids is 3. The van der Waals surface area contributed by atoms with E-state index in [2.05, 4.69) is 5.32 Å². The first-order chi connectivity index (χ1) is 13.3. The van der Waals surface area contributed by atoms with E-state index >= 15 is 0 Å². The van der Waals surface area contributed by atoms with E-state index in [4.69, 9.17) is 20.8 Å². The molecule has 3 rings (SSSR count). The van der Waals surface area contributed by atoms with Gasteiger partial charge in [0.25, 0.3) is 0 Å². The number of rotatable bonds is 6. The van der Waals surface area contributed by atoms with Crippen molar-refractivity contribution in [1.82, 2.24) is 5.32 Å². The zero-order chi connectivity index (χ0) is 20.4. The second kappa shape index (κ2) is 8.16. The Labute approximate surface area is 170 Å². The quantitative estimate of drug-likeness (QED) is 0.469. The Morgan fingerprint density at radius 3 is 2.71 bits per heavy atom. The number of ketones is 1. The van der Waals surface area contributed by atoms with Gasteiger partial charge in [-0.1, -0.05) is 11.6 Å². The summed E-state index contributed by atoms with van der Waals surface area (Å²) in [7, 11) is 0. The van der Waals surface area contributed by atoms with E-state index in [1.165, 1.54) is 25.2 Å². The number of furan rings is 1. The van der Waals surface area contributed by atoms with Crippen molar-refractivity contribution in [3.63, 3.8) is 0 Å². The fraction of sp³-hybridized carbons (Fsp3) is 0.250. The number of thiophene rings is 1. The fourth-order valence-electron chi connectivity index (χ4n) is 2.67. The summed E-state index contributed by atoms with van der Waals surface area (Å²) < 4.78 is 10.9. The molecule has 1 atom stereocenters. The number of ether oxygens (including phenoxy) is 1. The maximum Gasteiger partial charge on any atom is 0.375 e. The number of fused-ring (bicyclic) bond motifs is 1. The van der Waals surface area contributed by atoms with E-state index in [9.17, 15) is 14.4 Å². The van der Waals surface area contributed by atoms with Crippen LogP contribution in [-0.2, 0) is 16.1 Å². The SMILES string of the molecule is CC(=O)NCc1ccc(C(=O)C(C)OC(=O)c2oc3ccc(Cl)cc3c2C)s1.